The van der Waals surface area contributed by atoms with Crippen LogP contribution in [0.25, 0.3) is 10.9 Å². The molecule has 2 atom stereocenters. The number of carbonyl (C=O) groups is 1. The van der Waals surface area contributed by atoms with Crippen molar-refractivity contribution < 1.29 is 4.79 Å². The van der Waals surface area contributed by atoms with E-state index in [4.69, 9.17) is 5.73 Å². The van der Waals surface area contributed by atoms with Crippen molar-refractivity contribution in [2.45, 2.75) is 18.5 Å². The van der Waals surface area contributed by atoms with Gasteiger partial charge in [0.05, 0.1) is 12.1 Å². The fourth-order valence-corrected chi connectivity index (χ4v) is 3.67. The first-order valence-electron chi connectivity index (χ1n) is 7.73. The molecule has 1 radical (unpaired) electrons. The van der Waals surface area contributed by atoms with Crippen LogP contribution in [0.3, 0.4) is 0 Å². The van der Waals surface area contributed by atoms with Crippen LogP contribution in [0, 0.1) is 6.07 Å². The van der Waals surface area contributed by atoms with Crippen molar-refractivity contribution in [3.05, 3.63) is 71.4 Å². The highest BCUT2D eigenvalue weighted by Gasteiger charge is 2.37. The van der Waals surface area contributed by atoms with Crippen LogP contribution in [-0.2, 0) is 11.2 Å². The molecule has 1 aliphatic rings. The van der Waals surface area contributed by atoms with Gasteiger partial charge in [0.2, 0.25) is 5.91 Å². The summed E-state index contributed by atoms with van der Waals surface area (Å²) in [5.74, 6) is -0.284. The van der Waals surface area contributed by atoms with Crippen molar-refractivity contribution in [2.75, 3.05) is 7.05 Å². The predicted molar refractivity (Wildman–Crippen MR) is 89.9 cm³/mol. The quantitative estimate of drug-likeness (QED) is 0.763. The van der Waals surface area contributed by atoms with E-state index < -0.39 is 0 Å². The zero-order valence-electron chi connectivity index (χ0n) is 12.9. The lowest BCUT2D eigenvalue weighted by atomic mass is 9.88. The standard InChI is InChI=1S/C19H18N3O/c1-22-16(19(20)23)11-14-13-9-5-6-10-15(13)21-17(14)18(22)12-7-3-2-4-8-12/h2-4,6-10,16,18,21H,11H2,1H3,(H2,20,23). The Labute approximate surface area is 134 Å². The Balaban J connectivity index is 1.96. The first-order valence-corrected chi connectivity index (χ1v) is 7.73. The summed E-state index contributed by atoms with van der Waals surface area (Å²) in [4.78, 5) is 17.6. The van der Waals surface area contributed by atoms with Gasteiger partial charge in [-0.2, -0.15) is 0 Å². The van der Waals surface area contributed by atoms with E-state index in [2.05, 4.69) is 28.1 Å². The Morgan fingerprint density at radius 1 is 1.30 bits per heavy atom. The molecule has 1 aromatic heterocycles. The van der Waals surface area contributed by atoms with E-state index in [-0.39, 0.29) is 18.0 Å². The topological polar surface area (TPSA) is 62.1 Å². The summed E-state index contributed by atoms with van der Waals surface area (Å²) < 4.78 is 0. The maximum absolute atomic E-state index is 12.0. The minimum Gasteiger partial charge on any atom is -0.368 e. The molecule has 0 spiro atoms. The van der Waals surface area contributed by atoms with Crippen LogP contribution < -0.4 is 5.73 Å². The number of hydrogen-bond acceptors (Lipinski definition) is 2. The van der Waals surface area contributed by atoms with Crippen LogP contribution in [0.5, 0.6) is 0 Å². The monoisotopic (exact) mass is 304 g/mol. The molecule has 0 saturated heterocycles. The number of hydrogen-bond donors (Lipinski definition) is 2. The van der Waals surface area contributed by atoms with Gasteiger partial charge in [0.25, 0.3) is 0 Å². The Hall–Kier alpha value is -2.59. The molecule has 0 bridgehead atoms. The lowest BCUT2D eigenvalue weighted by Crippen LogP contribution is -2.49. The summed E-state index contributed by atoms with van der Waals surface area (Å²) in [5, 5.41) is 1.13. The van der Waals surface area contributed by atoms with Crippen LogP contribution in [-0.4, -0.2) is 28.9 Å². The number of amides is 1. The van der Waals surface area contributed by atoms with E-state index in [0.717, 1.165) is 22.2 Å². The largest absolute Gasteiger partial charge is 0.368 e. The van der Waals surface area contributed by atoms with Crippen LogP contribution in [0.1, 0.15) is 22.9 Å². The average molecular weight is 304 g/mol. The molecule has 2 unspecified atom stereocenters. The molecule has 115 valence electrons. The molecule has 3 aromatic rings. The maximum atomic E-state index is 12.0. The van der Waals surface area contributed by atoms with Gasteiger partial charge in [0.15, 0.2) is 0 Å². The minimum atomic E-state index is -0.313. The van der Waals surface area contributed by atoms with E-state index in [1.165, 1.54) is 5.56 Å². The van der Waals surface area contributed by atoms with Crippen molar-refractivity contribution in [3.63, 3.8) is 0 Å². The normalized spacial score (nSPS) is 21.3. The third-order valence-corrected chi connectivity index (χ3v) is 4.80. The van der Waals surface area contributed by atoms with Crippen molar-refractivity contribution in [3.8, 4) is 0 Å². The lowest BCUT2D eigenvalue weighted by Gasteiger charge is -2.38. The van der Waals surface area contributed by atoms with E-state index in [1.807, 2.05) is 43.4 Å². The summed E-state index contributed by atoms with van der Waals surface area (Å²) >= 11 is 0. The molecule has 1 aliphatic heterocycles. The van der Waals surface area contributed by atoms with Gasteiger partial charge in [0.1, 0.15) is 0 Å². The van der Waals surface area contributed by atoms with E-state index >= 15 is 0 Å². The summed E-state index contributed by atoms with van der Waals surface area (Å²) in [6.45, 7) is 0. The molecule has 4 nitrogen and oxygen atoms in total. The molecule has 2 heterocycles. The molecule has 2 aromatic carbocycles. The van der Waals surface area contributed by atoms with Crippen LogP contribution in [0.2, 0.25) is 0 Å². The molecule has 1 amide bonds. The number of nitrogens with two attached hydrogens (primary N) is 1. The second kappa shape index (κ2) is 5.25. The van der Waals surface area contributed by atoms with E-state index in [1.54, 1.807) is 0 Å². The molecule has 4 rings (SSSR count). The molecular formula is C19H18N3O. The van der Waals surface area contributed by atoms with Crippen molar-refractivity contribution in [1.29, 1.82) is 0 Å². The second-order valence-corrected chi connectivity index (χ2v) is 6.09. The number of H-pyrrole nitrogens is 1. The highest BCUT2D eigenvalue weighted by molar-refractivity contribution is 5.88. The molecule has 23 heavy (non-hydrogen) atoms. The number of aromatic amines is 1. The van der Waals surface area contributed by atoms with Gasteiger partial charge < -0.3 is 10.7 Å². The maximum Gasteiger partial charge on any atom is 0.235 e. The lowest BCUT2D eigenvalue weighted by molar-refractivity contribution is -0.123. The first kappa shape index (κ1) is 14.0. The van der Waals surface area contributed by atoms with Gasteiger partial charge in [-0.25, -0.2) is 0 Å². The van der Waals surface area contributed by atoms with Gasteiger partial charge in [-0.1, -0.05) is 36.4 Å². The smallest absolute Gasteiger partial charge is 0.235 e. The number of likely N-dealkylation sites (N-methyl/N-ethyl adjacent to an activating group) is 1. The van der Waals surface area contributed by atoms with Crippen molar-refractivity contribution >= 4 is 16.8 Å². The van der Waals surface area contributed by atoms with Crippen LogP contribution >= 0.6 is 0 Å². The van der Waals surface area contributed by atoms with E-state index in [9.17, 15) is 4.79 Å². The molecule has 4 heteroatoms. The first-order chi connectivity index (χ1) is 11.2. The summed E-state index contributed by atoms with van der Waals surface area (Å²) in [5.41, 5.74) is 10.2. The number of fused-ring (bicyclic) bond motifs is 3. The average Bonchev–Trinajstić information content (AvgIpc) is 2.93. The third-order valence-electron chi connectivity index (χ3n) is 4.80. The van der Waals surface area contributed by atoms with Crippen LogP contribution in [0.15, 0.2) is 48.5 Å². The highest BCUT2D eigenvalue weighted by atomic mass is 16.1. The Morgan fingerprint density at radius 2 is 2.09 bits per heavy atom. The predicted octanol–water partition coefficient (Wildman–Crippen LogP) is 2.40. The van der Waals surface area contributed by atoms with Crippen LogP contribution in [0.4, 0.5) is 0 Å². The van der Waals surface area contributed by atoms with Gasteiger partial charge in [0, 0.05) is 16.6 Å². The van der Waals surface area contributed by atoms with Gasteiger partial charge >= 0.3 is 0 Å². The number of benzene rings is 2. The molecule has 0 aliphatic carbocycles. The fraction of sp³-hybridized carbons (Fsp3) is 0.211. The zero-order chi connectivity index (χ0) is 16.0. The number of rotatable bonds is 2. The van der Waals surface area contributed by atoms with Crippen molar-refractivity contribution in [1.82, 2.24) is 9.88 Å². The molecule has 0 saturated carbocycles. The van der Waals surface area contributed by atoms with Gasteiger partial charge in [-0.15, -0.1) is 0 Å². The summed E-state index contributed by atoms with van der Waals surface area (Å²) in [6, 6.07) is 18.9. The number of nitrogens with zero attached hydrogens (tertiary/aromatic N) is 1. The Morgan fingerprint density at radius 3 is 2.83 bits per heavy atom. The second-order valence-electron chi connectivity index (χ2n) is 6.09. The summed E-state index contributed by atoms with van der Waals surface area (Å²) in [7, 11) is 1.97. The summed E-state index contributed by atoms with van der Waals surface area (Å²) in [6.07, 6.45) is 0.627. The molecule has 0 fully saturated rings. The minimum absolute atomic E-state index is 0.00940. The van der Waals surface area contributed by atoms with Gasteiger partial charge in [-0.05, 0) is 42.8 Å². The number of primary amides is 1. The number of carbonyl (C=O) groups excluding carboxylic acids is 1. The Kier molecular flexibility index (Phi) is 3.20. The van der Waals surface area contributed by atoms with Gasteiger partial charge in [-0.3, -0.25) is 9.69 Å². The van der Waals surface area contributed by atoms with Crippen molar-refractivity contribution in [2.24, 2.45) is 5.73 Å². The highest BCUT2D eigenvalue weighted by Crippen LogP contribution is 2.39. The molecule has 3 N–H and O–H groups in total. The SMILES string of the molecule is CN1C(C(N)=O)Cc2c([nH]c3cc[c]cc23)C1c1ccccc1. The zero-order valence-corrected chi connectivity index (χ0v) is 12.9. The molecular weight excluding hydrogens is 286 g/mol. The third kappa shape index (κ3) is 2.14. The Bertz CT molecular complexity index is 869. The number of nitrogens with one attached hydrogen (secondary N) is 1. The number of aromatic nitrogens is 1. The fourth-order valence-electron chi connectivity index (χ4n) is 3.67. The van der Waals surface area contributed by atoms with E-state index in [0.29, 0.717) is 6.42 Å².